The number of carbonyl (C=O) groups is 4. The Bertz CT molecular complexity index is 1710. The molecule has 2 heterocycles. The van der Waals surface area contributed by atoms with Crippen LogP contribution in [0.1, 0.15) is 38.9 Å². The number of anilines is 1. The molecule has 0 aliphatic carbocycles. The van der Waals surface area contributed by atoms with Crippen LogP contribution in [0.2, 0.25) is 0 Å². The first-order chi connectivity index (χ1) is 23.3. The first-order valence-corrected chi connectivity index (χ1v) is 15.8. The third-order valence-corrected chi connectivity index (χ3v) is 7.84. The third kappa shape index (κ3) is 8.72. The van der Waals surface area contributed by atoms with Crippen molar-refractivity contribution >= 4 is 29.7 Å². The maximum atomic E-state index is 14.0. The second kappa shape index (κ2) is 16.2. The molecule has 4 aromatic rings. The van der Waals surface area contributed by atoms with Gasteiger partial charge in [0.05, 0.1) is 19.3 Å². The zero-order valence-electron chi connectivity index (χ0n) is 26.9. The van der Waals surface area contributed by atoms with Crippen molar-refractivity contribution in [2.45, 2.75) is 25.9 Å². The molecule has 3 aromatic carbocycles. The van der Waals surface area contributed by atoms with Crippen LogP contribution in [0, 0.1) is 0 Å². The fourth-order valence-electron chi connectivity index (χ4n) is 5.27. The van der Waals surface area contributed by atoms with Gasteiger partial charge in [0.1, 0.15) is 17.6 Å². The number of esters is 1. The molecule has 1 aliphatic rings. The van der Waals surface area contributed by atoms with E-state index in [0.717, 1.165) is 16.7 Å². The first-order valence-electron chi connectivity index (χ1n) is 15.8. The number of piperazine rings is 1. The minimum atomic E-state index is -0.966. The van der Waals surface area contributed by atoms with E-state index in [4.69, 9.17) is 9.47 Å². The average molecular weight is 651 g/mol. The number of hydrogen-bond acceptors (Lipinski definition) is 9. The quantitative estimate of drug-likeness (QED) is 0.229. The molecule has 2 N–H and O–H groups in total. The van der Waals surface area contributed by atoms with Gasteiger partial charge in [0.25, 0.3) is 5.91 Å². The van der Waals surface area contributed by atoms with Crippen LogP contribution in [0.25, 0.3) is 11.4 Å². The fourth-order valence-corrected chi connectivity index (χ4v) is 5.27. The molecule has 1 aromatic heterocycles. The topological polar surface area (TPSA) is 143 Å². The zero-order chi connectivity index (χ0) is 33.9. The van der Waals surface area contributed by atoms with Crippen molar-refractivity contribution in [2.75, 3.05) is 45.2 Å². The van der Waals surface area contributed by atoms with E-state index in [-0.39, 0.29) is 37.7 Å². The van der Waals surface area contributed by atoms with Crippen molar-refractivity contribution in [3.63, 3.8) is 0 Å². The molecular weight excluding hydrogens is 612 g/mol. The van der Waals surface area contributed by atoms with E-state index < -0.39 is 24.0 Å². The monoisotopic (exact) mass is 650 g/mol. The van der Waals surface area contributed by atoms with Gasteiger partial charge in [-0.3, -0.25) is 9.59 Å². The molecule has 1 saturated heterocycles. The lowest BCUT2D eigenvalue weighted by Gasteiger charge is -2.36. The van der Waals surface area contributed by atoms with Crippen LogP contribution in [0.15, 0.2) is 91.0 Å². The lowest BCUT2D eigenvalue weighted by Crippen LogP contribution is -2.56. The highest BCUT2D eigenvalue weighted by Gasteiger charge is 2.31. The van der Waals surface area contributed by atoms with Gasteiger partial charge in [0.2, 0.25) is 5.91 Å². The predicted octanol–water partition coefficient (Wildman–Crippen LogP) is 4.18. The minimum Gasteiger partial charge on any atom is -0.465 e. The highest BCUT2D eigenvalue weighted by Crippen LogP contribution is 2.19. The number of ether oxygens (including phenoxy) is 2. The summed E-state index contributed by atoms with van der Waals surface area (Å²) in [4.78, 5) is 64.5. The Morgan fingerprint density at radius 1 is 0.812 bits per heavy atom. The van der Waals surface area contributed by atoms with Gasteiger partial charge >= 0.3 is 12.1 Å². The smallest absolute Gasteiger partial charge is 0.409 e. The van der Waals surface area contributed by atoms with Crippen LogP contribution in [-0.2, 0) is 27.2 Å². The molecule has 5 rings (SSSR count). The molecule has 48 heavy (non-hydrogen) atoms. The molecule has 12 heteroatoms. The van der Waals surface area contributed by atoms with Crippen LogP contribution < -0.4 is 10.6 Å². The Balaban J connectivity index is 1.40. The van der Waals surface area contributed by atoms with Crippen LogP contribution in [0.5, 0.6) is 0 Å². The Morgan fingerprint density at radius 3 is 2.10 bits per heavy atom. The molecule has 0 bridgehead atoms. The van der Waals surface area contributed by atoms with Crippen LogP contribution >= 0.6 is 0 Å². The Labute approximate surface area is 279 Å². The lowest BCUT2D eigenvalue weighted by atomic mass is 10.0. The number of nitrogens with zero attached hydrogens (tertiary/aromatic N) is 4. The van der Waals surface area contributed by atoms with E-state index in [1.165, 1.54) is 7.11 Å². The number of amides is 3. The van der Waals surface area contributed by atoms with E-state index in [9.17, 15) is 19.2 Å². The number of aromatic nitrogens is 2. The summed E-state index contributed by atoms with van der Waals surface area (Å²) >= 11 is 0. The lowest BCUT2D eigenvalue weighted by molar-refractivity contribution is -0.134. The van der Waals surface area contributed by atoms with Gasteiger partial charge in [-0.15, -0.1) is 0 Å². The van der Waals surface area contributed by atoms with Gasteiger partial charge in [0, 0.05) is 50.8 Å². The maximum Gasteiger partial charge on any atom is 0.409 e. The number of methoxy groups -OCH3 is 1. The van der Waals surface area contributed by atoms with Crippen molar-refractivity contribution in [1.29, 1.82) is 0 Å². The van der Waals surface area contributed by atoms with E-state index in [1.54, 1.807) is 47.1 Å². The molecule has 1 fully saturated rings. The van der Waals surface area contributed by atoms with Crippen LogP contribution in [-0.4, -0.2) is 89.6 Å². The summed E-state index contributed by atoms with van der Waals surface area (Å²) < 4.78 is 9.91. The number of rotatable bonds is 11. The second-order valence-corrected chi connectivity index (χ2v) is 11.1. The molecule has 1 atom stereocenters. The van der Waals surface area contributed by atoms with Crippen molar-refractivity contribution < 1.29 is 28.7 Å². The van der Waals surface area contributed by atoms with Crippen LogP contribution in [0.3, 0.4) is 0 Å². The number of carbonyl (C=O) groups excluding carboxylic acids is 4. The van der Waals surface area contributed by atoms with Crippen molar-refractivity contribution in [3.05, 3.63) is 113 Å². The van der Waals surface area contributed by atoms with Crippen LogP contribution in [0.4, 0.5) is 10.6 Å². The highest BCUT2D eigenvalue weighted by atomic mass is 16.6. The molecule has 12 nitrogen and oxygen atoms in total. The summed E-state index contributed by atoms with van der Waals surface area (Å²) in [5.41, 5.74) is 2.95. The van der Waals surface area contributed by atoms with Gasteiger partial charge in [0.15, 0.2) is 5.82 Å². The van der Waals surface area contributed by atoms with Crippen molar-refractivity contribution in [3.8, 4) is 11.4 Å². The van der Waals surface area contributed by atoms with Gasteiger partial charge in [-0.1, -0.05) is 72.8 Å². The summed E-state index contributed by atoms with van der Waals surface area (Å²) in [6.07, 6.45) is -0.269. The van der Waals surface area contributed by atoms with Crippen molar-refractivity contribution in [2.24, 2.45) is 0 Å². The minimum absolute atomic E-state index is 0.0883. The van der Waals surface area contributed by atoms with E-state index in [2.05, 4.69) is 20.6 Å². The number of nitrogens with one attached hydrogen (secondary N) is 2. The van der Waals surface area contributed by atoms with Gasteiger partial charge in [-0.2, -0.15) is 0 Å². The highest BCUT2D eigenvalue weighted by molar-refractivity contribution is 5.97. The summed E-state index contributed by atoms with van der Waals surface area (Å²) in [7, 11) is 1.31. The molecular formula is C36H38N6O6. The molecule has 0 saturated carbocycles. The van der Waals surface area contributed by atoms with Crippen molar-refractivity contribution in [1.82, 2.24) is 25.1 Å². The third-order valence-electron chi connectivity index (χ3n) is 7.84. The zero-order valence-corrected chi connectivity index (χ0v) is 26.9. The Morgan fingerprint density at radius 2 is 1.46 bits per heavy atom. The van der Waals surface area contributed by atoms with Gasteiger partial charge in [-0.25, -0.2) is 19.6 Å². The van der Waals surface area contributed by atoms with Gasteiger partial charge in [-0.05, 0) is 30.2 Å². The van der Waals surface area contributed by atoms with E-state index in [0.29, 0.717) is 36.8 Å². The Kier molecular flexibility index (Phi) is 11.3. The van der Waals surface area contributed by atoms with E-state index >= 15 is 0 Å². The summed E-state index contributed by atoms with van der Waals surface area (Å²) in [5, 5.41) is 6.21. The summed E-state index contributed by atoms with van der Waals surface area (Å²) in [5.74, 6) is -0.517. The van der Waals surface area contributed by atoms with Gasteiger partial charge < -0.3 is 29.9 Å². The fraction of sp³-hybridized carbons (Fsp3) is 0.278. The summed E-state index contributed by atoms with van der Waals surface area (Å²) in [6.45, 7) is 3.66. The average Bonchev–Trinajstić information content (AvgIpc) is 3.14. The molecule has 248 valence electrons. The predicted molar refractivity (Wildman–Crippen MR) is 179 cm³/mol. The number of hydrogen-bond donors (Lipinski definition) is 2. The summed E-state index contributed by atoms with van der Waals surface area (Å²) in [6, 6.07) is 26.4. The normalized spacial score (nSPS) is 13.3. The maximum absolute atomic E-state index is 14.0. The molecule has 3 amide bonds. The SMILES string of the molecule is CCOC(=O)N1CCN(C(=O)[C@H](Cc2ccc(C(=O)OC)cc2)NC(=O)c2cc(NCc3ccccc3)nc(-c3ccccc3)n2)CC1. The Hall–Kier alpha value is -5.78. The first kappa shape index (κ1) is 33.6. The molecule has 0 spiro atoms. The molecule has 0 radical (unpaired) electrons. The van der Waals surface area contributed by atoms with E-state index in [1.807, 2.05) is 60.7 Å². The standard InChI is InChI=1S/C36H38N6O6/c1-3-48-36(46)42-20-18-41(19-21-42)34(44)30(22-25-14-16-28(17-15-25)35(45)47-2)39-33(43)29-23-31(37-24-26-10-6-4-7-11-26)40-32(38-29)27-12-8-5-9-13-27/h4-17,23,30H,3,18-22,24H2,1-2H3,(H,39,43)(H,37,38,40)/t30-/m0/s1. The molecule has 1 aliphatic heterocycles. The molecule has 0 unspecified atom stereocenters. The largest absolute Gasteiger partial charge is 0.465 e. The number of benzene rings is 3. The second-order valence-electron chi connectivity index (χ2n) is 11.1.